The maximum Gasteiger partial charge on any atom is 0.119 e. The standard InChI is InChI=1S/C17H27NO/c1-13-7-8-16(11-14(13)2)18-10-9-15-5-4-6-17(12-15)19-3/h4-6,12-14,16,18H,7-11H2,1-3H3. The van der Waals surface area contributed by atoms with E-state index in [0.29, 0.717) is 0 Å². The third-order valence-corrected chi connectivity index (χ3v) is 4.58. The molecule has 106 valence electrons. The molecule has 1 fully saturated rings. The van der Waals surface area contributed by atoms with Gasteiger partial charge in [0.25, 0.3) is 0 Å². The molecule has 1 N–H and O–H groups in total. The van der Waals surface area contributed by atoms with Crippen molar-refractivity contribution < 1.29 is 4.74 Å². The quantitative estimate of drug-likeness (QED) is 0.873. The first kappa shape index (κ1) is 14.4. The van der Waals surface area contributed by atoms with Gasteiger partial charge in [0, 0.05) is 6.04 Å². The first-order valence-electron chi connectivity index (χ1n) is 7.55. The molecule has 0 heterocycles. The van der Waals surface area contributed by atoms with Gasteiger partial charge >= 0.3 is 0 Å². The molecule has 1 aliphatic rings. The topological polar surface area (TPSA) is 21.3 Å². The number of hydrogen-bond donors (Lipinski definition) is 1. The molecule has 19 heavy (non-hydrogen) atoms. The number of ether oxygens (including phenoxy) is 1. The van der Waals surface area contributed by atoms with Gasteiger partial charge in [-0.05, 0) is 61.8 Å². The van der Waals surface area contributed by atoms with Crippen LogP contribution in [-0.4, -0.2) is 19.7 Å². The van der Waals surface area contributed by atoms with Gasteiger partial charge in [-0.3, -0.25) is 0 Å². The van der Waals surface area contributed by atoms with Gasteiger partial charge in [0.2, 0.25) is 0 Å². The molecule has 0 saturated heterocycles. The average molecular weight is 261 g/mol. The fraction of sp³-hybridized carbons (Fsp3) is 0.647. The molecule has 2 nitrogen and oxygen atoms in total. The zero-order valence-corrected chi connectivity index (χ0v) is 12.5. The van der Waals surface area contributed by atoms with Crippen molar-refractivity contribution >= 4 is 0 Å². The maximum absolute atomic E-state index is 5.26. The van der Waals surface area contributed by atoms with Crippen molar-refractivity contribution in [2.24, 2.45) is 11.8 Å². The van der Waals surface area contributed by atoms with Crippen LogP contribution in [0.1, 0.15) is 38.7 Å². The minimum absolute atomic E-state index is 0.719. The summed E-state index contributed by atoms with van der Waals surface area (Å²) in [5.74, 6) is 2.72. The normalized spacial score (nSPS) is 27.2. The summed E-state index contributed by atoms with van der Waals surface area (Å²) in [7, 11) is 1.72. The van der Waals surface area contributed by atoms with E-state index in [4.69, 9.17) is 4.74 Å². The number of hydrogen-bond acceptors (Lipinski definition) is 2. The van der Waals surface area contributed by atoms with Gasteiger partial charge in [-0.25, -0.2) is 0 Å². The number of methoxy groups -OCH3 is 1. The van der Waals surface area contributed by atoms with Crippen LogP contribution in [0.2, 0.25) is 0 Å². The summed E-state index contributed by atoms with van der Waals surface area (Å²) in [5.41, 5.74) is 1.35. The highest BCUT2D eigenvalue weighted by Crippen LogP contribution is 2.29. The maximum atomic E-state index is 5.26. The van der Waals surface area contributed by atoms with Gasteiger partial charge in [-0.1, -0.05) is 26.0 Å². The van der Waals surface area contributed by atoms with E-state index >= 15 is 0 Å². The molecular formula is C17H27NO. The molecule has 2 rings (SSSR count). The molecule has 1 aliphatic carbocycles. The molecule has 3 unspecified atom stereocenters. The summed E-state index contributed by atoms with van der Waals surface area (Å²) in [6.07, 6.45) is 5.12. The Morgan fingerprint density at radius 3 is 2.79 bits per heavy atom. The zero-order chi connectivity index (χ0) is 13.7. The van der Waals surface area contributed by atoms with Crippen molar-refractivity contribution in [3.05, 3.63) is 29.8 Å². The van der Waals surface area contributed by atoms with E-state index in [1.165, 1.54) is 24.8 Å². The minimum atomic E-state index is 0.719. The molecule has 0 amide bonds. The Labute approximate surface area is 117 Å². The third-order valence-electron chi connectivity index (χ3n) is 4.58. The van der Waals surface area contributed by atoms with Crippen molar-refractivity contribution in [2.45, 2.75) is 45.6 Å². The molecule has 0 aromatic heterocycles. The second-order valence-corrected chi connectivity index (χ2v) is 6.02. The van der Waals surface area contributed by atoms with Crippen LogP contribution in [0.15, 0.2) is 24.3 Å². The summed E-state index contributed by atoms with van der Waals surface area (Å²) in [5, 5.41) is 3.72. The van der Waals surface area contributed by atoms with E-state index in [-0.39, 0.29) is 0 Å². The second-order valence-electron chi connectivity index (χ2n) is 6.02. The Balaban J connectivity index is 1.74. The molecule has 0 bridgehead atoms. The molecule has 0 radical (unpaired) electrons. The SMILES string of the molecule is COc1cccc(CCNC2CCC(C)C(C)C2)c1. The molecular weight excluding hydrogens is 234 g/mol. The van der Waals surface area contributed by atoms with E-state index in [9.17, 15) is 0 Å². The van der Waals surface area contributed by atoms with Crippen molar-refractivity contribution in [2.75, 3.05) is 13.7 Å². The summed E-state index contributed by atoms with van der Waals surface area (Å²) in [4.78, 5) is 0. The highest BCUT2D eigenvalue weighted by Gasteiger charge is 2.23. The molecule has 0 spiro atoms. The van der Waals surface area contributed by atoms with Gasteiger partial charge < -0.3 is 10.1 Å². The third kappa shape index (κ3) is 4.24. The smallest absolute Gasteiger partial charge is 0.119 e. The lowest BCUT2D eigenvalue weighted by Crippen LogP contribution is -2.37. The van der Waals surface area contributed by atoms with Gasteiger partial charge in [-0.15, -0.1) is 0 Å². The molecule has 1 aromatic carbocycles. The molecule has 1 saturated carbocycles. The van der Waals surface area contributed by atoms with Crippen LogP contribution in [-0.2, 0) is 6.42 Å². The summed E-state index contributed by atoms with van der Waals surface area (Å²) < 4.78 is 5.26. The molecule has 0 aliphatic heterocycles. The predicted molar refractivity (Wildman–Crippen MR) is 80.7 cm³/mol. The van der Waals surface area contributed by atoms with E-state index in [0.717, 1.165) is 36.6 Å². The Hall–Kier alpha value is -1.02. The van der Waals surface area contributed by atoms with Crippen LogP contribution in [0.25, 0.3) is 0 Å². The van der Waals surface area contributed by atoms with Crippen molar-refractivity contribution in [1.82, 2.24) is 5.32 Å². The summed E-state index contributed by atoms with van der Waals surface area (Å²) >= 11 is 0. The molecule has 2 heteroatoms. The van der Waals surface area contributed by atoms with Gasteiger partial charge in [-0.2, -0.15) is 0 Å². The highest BCUT2D eigenvalue weighted by atomic mass is 16.5. The van der Waals surface area contributed by atoms with Crippen molar-refractivity contribution in [3.63, 3.8) is 0 Å². The Bertz CT molecular complexity index is 391. The fourth-order valence-electron chi connectivity index (χ4n) is 2.98. The van der Waals surface area contributed by atoms with Crippen LogP contribution in [0.5, 0.6) is 5.75 Å². The zero-order valence-electron chi connectivity index (χ0n) is 12.5. The van der Waals surface area contributed by atoms with E-state index in [2.05, 4.69) is 37.4 Å². The van der Waals surface area contributed by atoms with Crippen LogP contribution >= 0.6 is 0 Å². The number of nitrogens with one attached hydrogen (secondary N) is 1. The van der Waals surface area contributed by atoms with Crippen LogP contribution in [0, 0.1) is 11.8 Å². The lowest BCUT2D eigenvalue weighted by atomic mass is 9.79. The molecule has 3 atom stereocenters. The monoisotopic (exact) mass is 261 g/mol. The van der Waals surface area contributed by atoms with E-state index < -0.39 is 0 Å². The average Bonchev–Trinajstić information content (AvgIpc) is 2.43. The second kappa shape index (κ2) is 6.95. The number of rotatable bonds is 5. The van der Waals surface area contributed by atoms with Gasteiger partial charge in [0.05, 0.1) is 7.11 Å². The predicted octanol–water partition coefficient (Wildman–Crippen LogP) is 3.65. The van der Waals surface area contributed by atoms with Crippen molar-refractivity contribution in [1.29, 1.82) is 0 Å². The highest BCUT2D eigenvalue weighted by molar-refractivity contribution is 5.28. The lowest BCUT2D eigenvalue weighted by Gasteiger charge is -2.32. The lowest BCUT2D eigenvalue weighted by molar-refractivity contribution is 0.227. The van der Waals surface area contributed by atoms with E-state index in [1.807, 2.05) is 6.07 Å². The summed E-state index contributed by atoms with van der Waals surface area (Å²) in [6.45, 7) is 5.84. The largest absolute Gasteiger partial charge is 0.497 e. The minimum Gasteiger partial charge on any atom is -0.497 e. The van der Waals surface area contributed by atoms with Crippen molar-refractivity contribution in [3.8, 4) is 5.75 Å². The van der Waals surface area contributed by atoms with Gasteiger partial charge in [0.1, 0.15) is 5.75 Å². The first-order valence-corrected chi connectivity index (χ1v) is 7.55. The Kier molecular flexibility index (Phi) is 5.26. The van der Waals surface area contributed by atoms with Gasteiger partial charge in [0.15, 0.2) is 0 Å². The molecule has 1 aromatic rings. The first-order chi connectivity index (χ1) is 9.19. The van der Waals surface area contributed by atoms with Crippen LogP contribution in [0.4, 0.5) is 0 Å². The van der Waals surface area contributed by atoms with Crippen LogP contribution < -0.4 is 10.1 Å². The summed E-state index contributed by atoms with van der Waals surface area (Å²) in [6, 6.07) is 9.10. The van der Waals surface area contributed by atoms with E-state index in [1.54, 1.807) is 7.11 Å². The van der Waals surface area contributed by atoms with Crippen LogP contribution in [0.3, 0.4) is 0 Å². The fourth-order valence-corrected chi connectivity index (χ4v) is 2.98. The Morgan fingerprint density at radius 1 is 1.21 bits per heavy atom. The number of benzene rings is 1. The Morgan fingerprint density at radius 2 is 2.05 bits per heavy atom.